The van der Waals surface area contributed by atoms with Crippen LogP contribution in [0.2, 0.25) is 0 Å². The number of methoxy groups -OCH3 is 1. The van der Waals surface area contributed by atoms with Crippen LogP contribution in [0.4, 0.5) is 0 Å². The van der Waals surface area contributed by atoms with Crippen LogP contribution in [0, 0.1) is 5.92 Å². The fraction of sp³-hybridized carbons (Fsp3) is 0.448. The van der Waals surface area contributed by atoms with Gasteiger partial charge in [-0.2, -0.15) is 0 Å². The van der Waals surface area contributed by atoms with Crippen molar-refractivity contribution in [1.82, 2.24) is 28.6 Å². The van der Waals surface area contributed by atoms with Gasteiger partial charge in [0, 0.05) is 43.4 Å². The van der Waals surface area contributed by atoms with E-state index in [0.29, 0.717) is 37.0 Å². The third-order valence-electron chi connectivity index (χ3n) is 8.45. The SMILES string of the molecule is COc1ccc(-n2ccc3c(=O)n(CC4(O)CCN(C(=O)C5CCCCC5n5ccnc5)CC4)cnc32)cc1. The van der Waals surface area contributed by atoms with E-state index in [4.69, 9.17) is 4.74 Å². The van der Waals surface area contributed by atoms with Crippen LogP contribution in [0.25, 0.3) is 16.7 Å². The lowest BCUT2D eigenvalue weighted by molar-refractivity contribution is -0.142. The molecule has 1 aliphatic heterocycles. The van der Waals surface area contributed by atoms with Gasteiger partial charge in [0.1, 0.15) is 12.1 Å². The normalized spacial score (nSPS) is 21.2. The largest absolute Gasteiger partial charge is 0.497 e. The quantitative estimate of drug-likeness (QED) is 0.410. The Morgan fingerprint density at radius 1 is 1.08 bits per heavy atom. The predicted octanol–water partition coefficient (Wildman–Crippen LogP) is 3.18. The molecule has 1 saturated carbocycles. The Labute approximate surface area is 226 Å². The van der Waals surface area contributed by atoms with Gasteiger partial charge in [0.2, 0.25) is 5.91 Å². The first-order valence-corrected chi connectivity index (χ1v) is 13.7. The molecule has 1 N–H and O–H groups in total. The third-order valence-corrected chi connectivity index (χ3v) is 8.45. The number of likely N-dealkylation sites (tertiary alicyclic amines) is 1. The molecule has 6 rings (SSSR count). The number of imidazole rings is 1. The van der Waals surface area contributed by atoms with Crippen molar-refractivity contribution in [3.63, 3.8) is 0 Å². The summed E-state index contributed by atoms with van der Waals surface area (Å²) in [6.07, 6.45) is 13.7. The minimum atomic E-state index is -1.08. The molecule has 0 radical (unpaired) electrons. The van der Waals surface area contributed by atoms with Crippen LogP contribution >= 0.6 is 0 Å². The maximum Gasteiger partial charge on any atom is 0.262 e. The summed E-state index contributed by atoms with van der Waals surface area (Å²) >= 11 is 0. The summed E-state index contributed by atoms with van der Waals surface area (Å²) in [7, 11) is 1.62. The monoisotopic (exact) mass is 530 g/mol. The van der Waals surface area contributed by atoms with Crippen molar-refractivity contribution in [2.24, 2.45) is 5.92 Å². The maximum atomic E-state index is 13.5. The van der Waals surface area contributed by atoms with Crippen molar-refractivity contribution in [2.75, 3.05) is 20.2 Å². The molecule has 204 valence electrons. The van der Waals surface area contributed by atoms with Gasteiger partial charge in [-0.05, 0) is 56.0 Å². The number of rotatable bonds is 6. The molecule has 2 fully saturated rings. The van der Waals surface area contributed by atoms with Gasteiger partial charge in [0.25, 0.3) is 5.56 Å². The van der Waals surface area contributed by atoms with Gasteiger partial charge in [-0.15, -0.1) is 0 Å². The second kappa shape index (κ2) is 10.3. The Bertz CT molecular complexity index is 1500. The number of piperidine rings is 1. The number of fused-ring (bicyclic) bond motifs is 1. The summed E-state index contributed by atoms with van der Waals surface area (Å²) in [5.74, 6) is 0.849. The zero-order valence-electron chi connectivity index (χ0n) is 22.1. The number of amides is 1. The van der Waals surface area contributed by atoms with Gasteiger partial charge < -0.3 is 23.9 Å². The van der Waals surface area contributed by atoms with Crippen LogP contribution in [-0.2, 0) is 11.3 Å². The number of aliphatic hydroxyl groups is 1. The molecule has 1 aromatic carbocycles. The zero-order valence-corrected chi connectivity index (χ0v) is 22.1. The first kappa shape index (κ1) is 25.4. The lowest BCUT2D eigenvalue weighted by atomic mass is 9.82. The molecule has 0 spiro atoms. The first-order chi connectivity index (χ1) is 19.0. The van der Waals surface area contributed by atoms with E-state index in [2.05, 4.69) is 14.5 Å². The Hall–Kier alpha value is -3.92. The van der Waals surface area contributed by atoms with Crippen molar-refractivity contribution >= 4 is 16.9 Å². The van der Waals surface area contributed by atoms with Crippen molar-refractivity contribution < 1.29 is 14.6 Å². The van der Waals surface area contributed by atoms with Gasteiger partial charge in [-0.1, -0.05) is 12.8 Å². The highest BCUT2D eigenvalue weighted by atomic mass is 16.5. The summed E-state index contributed by atoms with van der Waals surface area (Å²) in [5.41, 5.74) is 0.169. The van der Waals surface area contributed by atoms with Crippen molar-refractivity contribution in [1.29, 1.82) is 0 Å². The molecule has 4 heterocycles. The second-order valence-corrected chi connectivity index (χ2v) is 10.8. The molecular weight excluding hydrogens is 496 g/mol. The topological polar surface area (TPSA) is 107 Å². The van der Waals surface area contributed by atoms with E-state index in [1.54, 1.807) is 25.7 Å². The summed E-state index contributed by atoms with van der Waals surface area (Å²) in [5, 5.41) is 11.9. The molecule has 39 heavy (non-hydrogen) atoms. The van der Waals surface area contributed by atoms with E-state index >= 15 is 0 Å². The number of carbonyl (C=O) groups excluding carboxylic acids is 1. The van der Waals surface area contributed by atoms with Crippen LogP contribution in [-0.4, -0.2) is 65.4 Å². The molecule has 10 heteroatoms. The Balaban J connectivity index is 1.14. The number of carbonyl (C=O) groups is 1. The molecule has 1 saturated heterocycles. The highest BCUT2D eigenvalue weighted by Gasteiger charge is 2.39. The Morgan fingerprint density at radius 2 is 1.85 bits per heavy atom. The molecule has 0 bridgehead atoms. The lowest BCUT2D eigenvalue weighted by Crippen LogP contribution is -2.51. The molecule has 2 aliphatic rings. The summed E-state index contributed by atoms with van der Waals surface area (Å²) < 4.78 is 10.7. The molecule has 2 unspecified atom stereocenters. The van der Waals surface area contributed by atoms with Crippen molar-refractivity contribution in [3.05, 3.63) is 71.9 Å². The molecule has 10 nitrogen and oxygen atoms in total. The van der Waals surface area contributed by atoms with E-state index in [9.17, 15) is 14.7 Å². The molecule has 2 atom stereocenters. The number of ether oxygens (including phenoxy) is 1. The summed E-state index contributed by atoms with van der Waals surface area (Å²) in [6, 6.07) is 9.44. The molecular formula is C29H34N6O4. The first-order valence-electron chi connectivity index (χ1n) is 13.7. The fourth-order valence-corrected chi connectivity index (χ4v) is 6.19. The van der Waals surface area contributed by atoms with Crippen LogP contribution in [0.5, 0.6) is 5.75 Å². The van der Waals surface area contributed by atoms with Crippen molar-refractivity contribution in [3.8, 4) is 11.4 Å². The zero-order chi connectivity index (χ0) is 27.0. The predicted molar refractivity (Wildman–Crippen MR) is 146 cm³/mol. The number of hydrogen-bond donors (Lipinski definition) is 1. The second-order valence-electron chi connectivity index (χ2n) is 10.8. The standard InChI is InChI=1S/C29H34N6O4/c1-39-22-8-6-21(7-9-22)35-14-10-24-26(35)31-20-34(28(24)37)18-29(38)11-15-32(16-12-29)27(36)23-4-2-3-5-25(23)33-17-13-30-19-33/h6-10,13-14,17,19-20,23,25,38H,2-5,11-12,15-16,18H2,1H3. The van der Waals surface area contributed by atoms with Crippen LogP contribution < -0.4 is 10.3 Å². The number of hydrogen-bond acceptors (Lipinski definition) is 6. The Kier molecular flexibility index (Phi) is 6.72. The van der Waals surface area contributed by atoms with Gasteiger partial charge in [-0.3, -0.25) is 14.2 Å². The van der Waals surface area contributed by atoms with Crippen LogP contribution in [0.1, 0.15) is 44.6 Å². The van der Waals surface area contributed by atoms with Crippen LogP contribution in [0.3, 0.4) is 0 Å². The van der Waals surface area contributed by atoms with Gasteiger partial charge in [0.05, 0.1) is 36.9 Å². The summed E-state index contributed by atoms with van der Waals surface area (Å²) in [6.45, 7) is 1.09. The fourth-order valence-electron chi connectivity index (χ4n) is 6.19. The lowest BCUT2D eigenvalue weighted by Gasteiger charge is -2.41. The van der Waals surface area contributed by atoms with Gasteiger partial charge in [0.15, 0.2) is 5.65 Å². The number of benzene rings is 1. The van der Waals surface area contributed by atoms with E-state index in [1.807, 2.05) is 46.1 Å². The van der Waals surface area contributed by atoms with Crippen LogP contribution in [0.15, 0.2) is 66.4 Å². The number of aromatic nitrogens is 5. The highest BCUT2D eigenvalue weighted by Crippen LogP contribution is 2.36. The average Bonchev–Trinajstić information content (AvgIpc) is 3.66. The Morgan fingerprint density at radius 3 is 2.56 bits per heavy atom. The number of nitrogens with zero attached hydrogens (tertiary/aromatic N) is 6. The third kappa shape index (κ3) is 4.85. The summed E-state index contributed by atoms with van der Waals surface area (Å²) in [4.78, 5) is 37.5. The van der Waals surface area contributed by atoms with Gasteiger partial charge >= 0.3 is 0 Å². The minimum Gasteiger partial charge on any atom is -0.497 e. The van der Waals surface area contributed by atoms with E-state index in [-0.39, 0.29) is 30.0 Å². The van der Waals surface area contributed by atoms with Gasteiger partial charge in [-0.25, -0.2) is 9.97 Å². The van der Waals surface area contributed by atoms with E-state index in [1.165, 1.54) is 10.9 Å². The molecule has 4 aromatic rings. The van der Waals surface area contributed by atoms with E-state index in [0.717, 1.165) is 37.1 Å². The average molecular weight is 531 g/mol. The molecule has 1 amide bonds. The molecule has 3 aromatic heterocycles. The highest BCUT2D eigenvalue weighted by molar-refractivity contribution is 5.79. The van der Waals surface area contributed by atoms with Crippen molar-refractivity contribution in [2.45, 2.75) is 56.7 Å². The van der Waals surface area contributed by atoms with E-state index < -0.39 is 5.60 Å². The smallest absolute Gasteiger partial charge is 0.262 e. The molecule has 1 aliphatic carbocycles. The minimum absolute atomic E-state index is 0.0666. The maximum absolute atomic E-state index is 13.5.